The summed E-state index contributed by atoms with van der Waals surface area (Å²) in [6.07, 6.45) is 4.89. The zero-order valence-electron chi connectivity index (χ0n) is 13.8. The van der Waals surface area contributed by atoms with Crippen molar-refractivity contribution in [1.29, 1.82) is 0 Å². The molecular formula is C20H23BrO3. The Balaban J connectivity index is 2.33. The zero-order chi connectivity index (χ0) is 17.6. The number of aliphatic hydroxyl groups is 1. The summed E-state index contributed by atoms with van der Waals surface area (Å²) in [7, 11) is 0. The van der Waals surface area contributed by atoms with Gasteiger partial charge in [-0.3, -0.25) is 0 Å². The summed E-state index contributed by atoms with van der Waals surface area (Å²) < 4.78 is 0.959. The molecule has 0 aliphatic heterocycles. The van der Waals surface area contributed by atoms with Gasteiger partial charge in [-0.2, -0.15) is 0 Å². The van der Waals surface area contributed by atoms with Gasteiger partial charge in [0.2, 0.25) is 0 Å². The number of carboxylic acid groups (broad SMARTS) is 1. The molecular weight excluding hydrogens is 368 g/mol. The van der Waals surface area contributed by atoms with Crippen LogP contribution in [0.1, 0.15) is 60.5 Å². The maximum absolute atomic E-state index is 11.4. The first-order valence-corrected chi connectivity index (χ1v) is 9.09. The minimum absolute atomic E-state index is 0.225. The minimum Gasteiger partial charge on any atom is -0.478 e. The van der Waals surface area contributed by atoms with Crippen molar-refractivity contribution in [2.75, 3.05) is 0 Å². The van der Waals surface area contributed by atoms with Crippen LogP contribution in [0.15, 0.2) is 53.0 Å². The fraction of sp³-hybridized carbons (Fsp3) is 0.350. The van der Waals surface area contributed by atoms with Gasteiger partial charge in [-0.05, 0) is 48.2 Å². The van der Waals surface area contributed by atoms with Crippen molar-refractivity contribution >= 4 is 21.9 Å². The van der Waals surface area contributed by atoms with Crippen molar-refractivity contribution in [2.24, 2.45) is 0 Å². The van der Waals surface area contributed by atoms with Crippen LogP contribution >= 0.6 is 15.9 Å². The molecule has 0 heterocycles. The van der Waals surface area contributed by atoms with Crippen LogP contribution in [0.3, 0.4) is 0 Å². The molecule has 0 saturated carbocycles. The van der Waals surface area contributed by atoms with Crippen LogP contribution in [-0.4, -0.2) is 16.2 Å². The van der Waals surface area contributed by atoms with Gasteiger partial charge in [-0.15, -0.1) is 0 Å². The lowest BCUT2D eigenvalue weighted by molar-refractivity contribution is 0.0667. The van der Waals surface area contributed by atoms with Gasteiger partial charge in [-0.25, -0.2) is 4.79 Å². The number of benzene rings is 2. The third-order valence-electron chi connectivity index (χ3n) is 4.32. The Kier molecular flexibility index (Phi) is 6.58. The molecule has 0 spiro atoms. The Bertz CT molecular complexity index is 664. The van der Waals surface area contributed by atoms with E-state index in [0.29, 0.717) is 6.42 Å². The van der Waals surface area contributed by atoms with Crippen LogP contribution in [-0.2, 0) is 5.60 Å². The fourth-order valence-electron chi connectivity index (χ4n) is 2.88. The standard InChI is InChI=1S/C20H23BrO3/c1-2-3-4-5-14-20(24,17-10-12-18(21)13-11-17)16-8-6-15(7-9-16)19(22)23/h6-13,24H,2-5,14H2,1H3,(H,22,23)/t20-/m1/s1. The van der Waals surface area contributed by atoms with Gasteiger partial charge in [0, 0.05) is 4.47 Å². The number of rotatable bonds is 8. The van der Waals surface area contributed by atoms with Crippen molar-refractivity contribution in [3.63, 3.8) is 0 Å². The van der Waals surface area contributed by atoms with Crippen molar-refractivity contribution in [1.82, 2.24) is 0 Å². The number of hydrogen-bond acceptors (Lipinski definition) is 2. The number of hydrogen-bond donors (Lipinski definition) is 2. The number of carbonyl (C=O) groups is 1. The fourth-order valence-corrected chi connectivity index (χ4v) is 3.14. The first-order valence-electron chi connectivity index (χ1n) is 8.29. The molecule has 0 aliphatic carbocycles. The Labute approximate surface area is 151 Å². The van der Waals surface area contributed by atoms with Crippen molar-refractivity contribution < 1.29 is 15.0 Å². The topological polar surface area (TPSA) is 57.5 Å². The predicted molar refractivity (Wildman–Crippen MR) is 99.3 cm³/mol. The quantitative estimate of drug-likeness (QED) is 0.596. The molecule has 0 unspecified atom stereocenters. The summed E-state index contributed by atoms with van der Waals surface area (Å²) in [5.74, 6) is -0.961. The molecule has 2 aromatic rings. The van der Waals surface area contributed by atoms with Gasteiger partial charge in [0.1, 0.15) is 5.60 Å². The second-order valence-corrected chi connectivity index (χ2v) is 6.98. The third kappa shape index (κ3) is 4.46. The van der Waals surface area contributed by atoms with E-state index < -0.39 is 11.6 Å². The molecule has 0 bridgehead atoms. The number of unbranched alkanes of at least 4 members (excludes halogenated alkanes) is 3. The Morgan fingerprint density at radius 2 is 1.50 bits per heavy atom. The molecule has 128 valence electrons. The van der Waals surface area contributed by atoms with E-state index in [2.05, 4.69) is 22.9 Å². The number of carboxylic acids is 1. The van der Waals surface area contributed by atoms with Crippen molar-refractivity contribution in [3.05, 3.63) is 69.7 Å². The summed E-state index contributed by atoms with van der Waals surface area (Å²) in [4.78, 5) is 11.0. The molecule has 0 saturated heterocycles. The SMILES string of the molecule is CCCCCC[C@](O)(c1ccc(Br)cc1)c1ccc(C(=O)O)cc1. The molecule has 2 aromatic carbocycles. The first-order chi connectivity index (χ1) is 11.5. The summed E-state index contributed by atoms with van der Waals surface area (Å²) in [5.41, 5.74) is 0.672. The van der Waals surface area contributed by atoms with E-state index in [0.717, 1.165) is 41.3 Å². The molecule has 0 amide bonds. The maximum atomic E-state index is 11.4. The van der Waals surface area contributed by atoms with E-state index in [1.807, 2.05) is 24.3 Å². The van der Waals surface area contributed by atoms with Crippen LogP contribution in [0, 0.1) is 0 Å². The third-order valence-corrected chi connectivity index (χ3v) is 4.85. The molecule has 2 N–H and O–H groups in total. The van der Waals surface area contributed by atoms with Crippen molar-refractivity contribution in [2.45, 2.75) is 44.6 Å². The van der Waals surface area contributed by atoms with Gasteiger partial charge in [0.25, 0.3) is 0 Å². The first kappa shape index (κ1) is 18.7. The smallest absolute Gasteiger partial charge is 0.335 e. The van der Waals surface area contributed by atoms with E-state index in [9.17, 15) is 9.90 Å². The second kappa shape index (κ2) is 8.45. The van der Waals surface area contributed by atoms with E-state index >= 15 is 0 Å². The molecule has 0 aromatic heterocycles. The highest BCUT2D eigenvalue weighted by atomic mass is 79.9. The minimum atomic E-state index is -1.11. The summed E-state index contributed by atoms with van der Waals surface area (Å²) in [5, 5.41) is 20.5. The highest BCUT2D eigenvalue weighted by Crippen LogP contribution is 2.35. The molecule has 0 fully saturated rings. The van der Waals surface area contributed by atoms with Crippen LogP contribution in [0.5, 0.6) is 0 Å². The van der Waals surface area contributed by atoms with E-state index in [1.54, 1.807) is 24.3 Å². The molecule has 3 nitrogen and oxygen atoms in total. The lowest BCUT2D eigenvalue weighted by Gasteiger charge is -2.30. The summed E-state index contributed by atoms with van der Waals surface area (Å²) >= 11 is 3.42. The lowest BCUT2D eigenvalue weighted by Crippen LogP contribution is -2.27. The Morgan fingerprint density at radius 1 is 0.958 bits per heavy atom. The molecule has 24 heavy (non-hydrogen) atoms. The van der Waals surface area contributed by atoms with Crippen LogP contribution in [0.2, 0.25) is 0 Å². The second-order valence-electron chi connectivity index (χ2n) is 6.06. The molecule has 1 atom stereocenters. The molecule has 2 rings (SSSR count). The largest absolute Gasteiger partial charge is 0.478 e. The predicted octanol–water partition coefficient (Wildman–Crippen LogP) is 5.35. The molecule has 0 radical (unpaired) electrons. The highest BCUT2D eigenvalue weighted by Gasteiger charge is 2.31. The number of halogens is 1. The van der Waals surface area contributed by atoms with E-state index in [1.165, 1.54) is 0 Å². The van der Waals surface area contributed by atoms with Crippen LogP contribution in [0.4, 0.5) is 0 Å². The van der Waals surface area contributed by atoms with Gasteiger partial charge in [0.05, 0.1) is 5.56 Å². The van der Waals surface area contributed by atoms with Crippen LogP contribution in [0.25, 0.3) is 0 Å². The monoisotopic (exact) mass is 390 g/mol. The zero-order valence-corrected chi connectivity index (χ0v) is 15.4. The van der Waals surface area contributed by atoms with Gasteiger partial charge in [-0.1, -0.05) is 66.4 Å². The van der Waals surface area contributed by atoms with Gasteiger partial charge >= 0.3 is 5.97 Å². The van der Waals surface area contributed by atoms with E-state index in [4.69, 9.17) is 5.11 Å². The Morgan fingerprint density at radius 3 is 2.00 bits per heavy atom. The summed E-state index contributed by atoms with van der Waals surface area (Å²) in [6, 6.07) is 14.2. The number of aromatic carboxylic acids is 1. The normalized spacial score (nSPS) is 13.5. The average molecular weight is 391 g/mol. The van der Waals surface area contributed by atoms with Crippen LogP contribution < -0.4 is 0 Å². The Hall–Kier alpha value is -1.65. The summed E-state index contributed by atoms with van der Waals surface area (Å²) in [6.45, 7) is 2.16. The maximum Gasteiger partial charge on any atom is 0.335 e. The highest BCUT2D eigenvalue weighted by molar-refractivity contribution is 9.10. The average Bonchev–Trinajstić information content (AvgIpc) is 2.59. The molecule has 4 heteroatoms. The van der Waals surface area contributed by atoms with Crippen molar-refractivity contribution in [3.8, 4) is 0 Å². The van der Waals surface area contributed by atoms with Gasteiger partial charge < -0.3 is 10.2 Å². The molecule has 0 aliphatic rings. The van der Waals surface area contributed by atoms with E-state index in [-0.39, 0.29) is 5.56 Å². The lowest BCUT2D eigenvalue weighted by atomic mass is 9.82. The van der Waals surface area contributed by atoms with Gasteiger partial charge in [0.15, 0.2) is 0 Å².